The van der Waals surface area contributed by atoms with Crippen LogP contribution in [0.5, 0.6) is 5.75 Å². The molecule has 0 radical (unpaired) electrons. The van der Waals surface area contributed by atoms with Crippen molar-refractivity contribution < 1.29 is 14.3 Å². The molecule has 0 heterocycles. The van der Waals surface area contributed by atoms with E-state index >= 15 is 0 Å². The molecule has 0 aliphatic carbocycles. The van der Waals surface area contributed by atoms with E-state index in [1.165, 1.54) is 0 Å². The van der Waals surface area contributed by atoms with Gasteiger partial charge in [-0.25, -0.2) is 0 Å². The highest BCUT2D eigenvalue weighted by Crippen LogP contribution is 2.18. The van der Waals surface area contributed by atoms with Crippen LogP contribution in [0.3, 0.4) is 0 Å². The third-order valence-electron chi connectivity index (χ3n) is 4.94. The first kappa shape index (κ1) is 21.4. The summed E-state index contributed by atoms with van der Waals surface area (Å²) in [6.07, 6.45) is 0. The van der Waals surface area contributed by atoms with Crippen molar-refractivity contribution in [3.63, 3.8) is 0 Å². The first-order valence-electron chi connectivity index (χ1n) is 9.28. The quantitative estimate of drug-likeness (QED) is 0.735. The van der Waals surface area contributed by atoms with Gasteiger partial charge in [0, 0.05) is 12.2 Å². The van der Waals surface area contributed by atoms with E-state index in [2.05, 4.69) is 10.6 Å². The summed E-state index contributed by atoms with van der Waals surface area (Å²) in [6.45, 7) is 6.32. The molecule has 150 valence electrons. The lowest BCUT2D eigenvalue weighted by Crippen LogP contribution is -2.45. The number of methoxy groups -OCH3 is 1. The summed E-state index contributed by atoms with van der Waals surface area (Å²) in [5.74, 6) is 0.502. The average Bonchev–Trinajstić information content (AvgIpc) is 2.69. The van der Waals surface area contributed by atoms with Crippen LogP contribution in [0.1, 0.15) is 23.6 Å². The Labute approximate surface area is 166 Å². The first-order chi connectivity index (χ1) is 13.3. The minimum atomic E-state index is -0.428. The molecule has 2 rings (SSSR count). The molecule has 0 unspecified atom stereocenters. The van der Waals surface area contributed by atoms with E-state index < -0.39 is 6.04 Å². The number of carbonyl (C=O) groups excluding carboxylic acids is 2. The van der Waals surface area contributed by atoms with E-state index in [0.717, 1.165) is 28.1 Å². The second-order valence-corrected chi connectivity index (χ2v) is 6.95. The molecule has 2 aromatic carbocycles. The number of likely N-dealkylation sites (N-methyl/N-ethyl adjacent to an activating group) is 1. The second kappa shape index (κ2) is 9.90. The normalized spacial score (nSPS) is 11.8. The van der Waals surface area contributed by atoms with Crippen molar-refractivity contribution >= 4 is 17.5 Å². The Morgan fingerprint density at radius 1 is 1.11 bits per heavy atom. The lowest BCUT2D eigenvalue weighted by atomic mass is 10.1. The lowest BCUT2D eigenvalue weighted by Gasteiger charge is -2.23. The summed E-state index contributed by atoms with van der Waals surface area (Å²) in [6, 6.07) is 12.9. The highest BCUT2D eigenvalue weighted by atomic mass is 16.5. The number of aryl methyl sites for hydroxylation is 1. The maximum absolute atomic E-state index is 12.4. The third kappa shape index (κ3) is 5.82. The van der Waals surface area contributed by atoms with E-state index in [0.29, 0.717) is 6.54 Å². The number of rotatable bonds is 8. The predicted molar refractivity (Wildman–Crippen MR) is 111 cm³/mol. The molecular weight excluding hydrogens is 354 g/mol. The van der Waals surface area contributed by atoms with Crippen LogP contribution in [0.4, 0.5) is 5.69 Å². The molecule has 0 fully saturated rings. The zero-order valence-electron chi connectivity index (χ0n) is 17.2. The number of amides is 2. The fraction of sp³-hybridized carbons (Fsp3) is 0.364. The van der Waals surface area contributed by atoms with Crippen LogP contribution in [-0.2, 0) is 16.1 Å². The van der Waals surface area contributed by atoms with Crippen LogP contribution in [0.15, 0.2) is 42.5 Å². The van der Waals surface area contributed by atoms with Gasteiger partial charge >= 0.3 is 0 Å². The zero-order chi connectivity index (χ0) is 20.7. The van der Waals surface area contributed by atoms with Crippen molar-refractivity contribution in [1.82, 2.24) is 10.2 Å². The van der Waals surface area contributed by atoms with Crippen molar-refractivity contribution in [2.45, 2.75) is 33.4 Å². The Kier molecular flexibility index (Phi) is 7.58. The SMILES string of the molecule is COc1ccc(CNC(=O)[C@@H](C)N(C)CC(=O)Nc2cccc(C)c2C)cc1. The fourth-order valence-corrected chi connectivity index (χ4v) is 2.72. The molecular formula is C22H29N3O3. The summed E-state index contributed by atoms with van der Waals surface area (Å²) in [5, 5.41) is 5.82. The van der Waals surface area contributed by atoms with Crippen LogP contribution in [-0.4, -0.2) is 43.5 Å². The van der Waals surface area contributed by atoms with Gasteiger partial charge in [0.25, 0.3) is 0 Å². The maximum Gasteiger partial charge on any atom is 0.238 e. The second-order valence-electron chi connectivity index (χ2n) is 6.95. The van der Waals surface area contributed by atoms with Gasteiger partial charge in [-0.3, -0.25) is 14.5 Å². The smallest absolute Gasteiger partial charge is 0.238 e. The molecule has 0 aliphatic rings. The van der Waals surface area contributed by atoms with Crippen molar-refractivity contribution in [1.29, 1.82) is 0 Å². The van der Waals surface area contributed by atoms with Gasteiger partial charge in [0.2, 0.25) is 11.8 Å². The number of ether oxygens (including phenoxy) is 1. The van der Waals surface area contributed by atoms with E-state index in [1.807, 2.05) is 56.3 Å². The molecule has 1 atom stereocenters. The summed E-state index contributed by atoms with van der Waals surface area (Å²) >= 11 is 0. The van der Waals surface area contributed by atoms with E-state index in [4.69, 9.17) is 4.74 Å². The number of nitrogens with zero attached hydrogens (tertiary/aromatic N) is 1. The molecule has 2 aromatic rings. The van der Waals surface area contributed by atoms with Gasteiger partial charge in [0.15, 0.2) is 0 Å². The Hall–Kier alpha value is -2.86. The highest BCUT2D eigenvalue weighted by molar-refractivity contribution is 5.93. The van der Waals surface area contributed by atoms with Crippen LogP contribution in [0.25, 0.3) is 0 Å². The average molecular weight is 383 g/mol. The molecule has 2 N–H and O–H groups in total. The van der Waals surface area contributed by atoms with Crippen LogP contribution < -0.4 is 15.4 Å². The van der Waals surface area contributed by atoms with Gasteiger partial charge < -0.3 is 15.4 Å². The number of hydrogen-bond donors (Lipinski definition) is 2. The molecule has 6 heteroatoms. The molecule has 0 aromatic heterocycles. The van der Waals surface area contributed by atoms with Gasteiger partial charge in [-0.05, 0) is 62.7 Å². The monoisotopic (exact) mass is 383 g/mol. The Morgan fingerprint density at radius 3 is 2.43 bits per heavy atom. The molecule has 28 heavy (non-hydrogen) atoms. The van der Waals surface area contributed by atoms with Crippen LogP contribution >= 0.6 is 0 Å². The van der Waals surface area contributed by atoms with Gasteiger partial charge in [0.05, 0.1) is 19.7 Å². The standard InChI is InChI=1S/C22H29N3O3/c1-15-7-6-8-20(16(15)2)24-21(26)14-25(4)17(3)22(27)23-13-18-9-11-19(28-5)12-10-18/h6-12,17H,13-14H2,1-5H3,(H,23,27)(H,24,26)/t17-/m1/s1. The van der Waals surface area contributed by atoms with Gasteiger partial charge in [-0.1, -0.05) is 24.3 Å². The maximum atomic E-state index is 12.4. The van der Waals surface area contributed by atoms with Gasteiger partial charge in [0.1, 0.15) is 5.75 Å². The molecule has 6 nitrogen and oxygen atoms in total. The van der Waals surface area contributed by atoms with E-state index in [-0.39, 0.29) is 18.4 Å². The summed E-state index contributed by atoms with van der Waals surface area (Å²) < 4.78 is 5.13. The number of anilines is 1. The molecule has 0 saturated heterocycles. The van der Waals surface area contributed by atoms with Gasteiger partial charge in [-0.2, -0.15) is 0 Å². The summed E-state index contributed by atoms with van der Waals surface area (Å²) in [4.78, 5) is 26.5. The summed E-state index contributed by atoms with van der Waals surface area (Å²) in [7, 11) is 3.38. The van der Waals surface area contributed by atoms with E-state index in [1.54, 1.807) is 26.0 Å². The topological polar surface area (TPSA) is 70.7 Å². The number of benzene rings is 2. The molecule has 2 amide bonds. The molecule has 0 bridgehead atoms. The molecule has 0 saturated carbocycles. The largest absolute Gasteiger partial charge is 0.497 e. The number of carbonyl (C=O) groups is 2. The zero-order valence-corrected chi connectivity index (χ0v) is 17.2. The highest BCUT2D eigenvalue weighted by Gasteiger charge is 2.20. The minimum Gasteiger partial charge on any atom is -0.497 e. The Balaban J connectivity index is 1.84. The van der Waals surface area contributed by atoms with E-state index in [9.17, 15) is 9.59 Å². The predicted octanol–water partition coefficient (Wildman–Crippen LogP) is 2.89. The van der Waals surface area contributed by atoms with Crippen molar-refractivity contribution in [3.05, 3.63) is 59.2 Å². The first-order valence-corrected chi connectivity index (χ1v) is 9.28. The van der Waals surface area contributed by atoms with Crippen molar-refractivity contribution in [2.24, 2.45) is 0 Å². The fourth-order valence-electron chi connectivity index (χ4n) is 2.72. The lowest BCUT2D eigenvalue weighted by molar-refractivity contribution is -0.126. The number of hydrogen-bond acceptors (Lipinski definition) is 4. The Bertz CT molecular complexity index is 818. The van der Waals surface area contributed by atoms with Crippen molar-refractivity contribution in [2.75, 3.05) is 26.0 Å². The number of nitrogens with one attached hydrogen (secondary N) is 2. The van der Waals surface area contributed by atoms with Crippen LogP contribution in [0, 0.1) is 13.8 Å². The molecule has 0 aliphatic heterocycles. The van der Waals surface area contributed by atoms with Gasteiger partial charge in [-0.15, -0.1) is 0 Å². The minimum absolute atomic E-state index is 0.127. The summed E-state index contributed by atoms with van der Waals surface area (Å²) in [5.41, 5.74) is 3.95. The third-order valence-corrected chi connectivity index (χ3v) is 4.94. The molecule has 0 spiro atoms. The Morgan fingerprint density at radius 2 is 1.79 bits per heavy atom. The van der Waals surface area contributed by atoms with Crippen molar-refractivity contribution in [3.8, 4) is 5.75 Å². The van der Waals surface area contributed by atoms with Crippen LogP contribution in [0.2, 0.25) is 0 Å².